The fourth-order valence-corrected chi connectivity index (χ4v) is 4.25. The molecular formula is C22H39NO2S. The number of rotatable bonds is 15. The molecule has 3 nitrogen and oxygen atoms in total. The molecule has 0 saturated carbocycles. The molecule has 1 N–H and O–H groups in total. The van der Waals surface area contributed by atoms with E-state index in [1.54, 1.807) is 12.1 Å². The molecule has 0 aliphatic heterocycles. The van der Waals surface area contributed by atoms with Gasteiger partial charge in [-0.2, -0.15) is 0 Å². The average Bonchev–Trinajstić information content (AvgIpc) is 2.59. The van der Waals surface area contributed by atoms with Crippen LogP contribution in [0, 0.1) is 5.92 Å². The highest BCUT2D eigenvalue weighted by atomic mass is 32.2. The monoisotopic (exact) mass is 381 g/mol. The Labute approximate surface area is 162 Å². The van der Waals surface area contributed by atoms with Crippen molar-refractivity contribution in [3.63, 3.8) is 0 Å². The molecule has 1 rings (SSSR count). The van der Waals surface area contributed by atoms with Crippen LogP contribution in [0.15, 0.2) is 29.2 Å². The first-order valence-electron chi connectivity index (χ1n) is 10.5. The maximum Gasteiger partial charge on any atom is 0.240 e. The molecule has 0 amide bonds. The van der Waals surface area contributed by atoms with Crippen molar-refractivity contribution < 1.29 is 8.42 Å². The van der Waals surface area contributed by atoms with Gasteiger partial charge in [0.05, 0.1) is 4.90 Å². The van der Waals surface area contributed by atoms with Crippen LogP contribution in [0.2, 0.25) is 0 Å². The smallest absolute Gasteiger partial charge is 0.211 e. The zero-order valence-corrected chi connectivity index (χ0v) is 17.9. The molecule has 26 heavy (non-hydrogen) atoms. The van der Waals surface area contributed by atoms with Gasteiger partial charge in [-0.05, 0) is 36.5 Å². The first-order chi connectivity index (χ1) is 12.5. The van der Waals surface area contributed by atoms with E-state index in [0.29, 0.717) is 17.4 Å². The van der Waals surface area contributed by atoms with E-state index in [9.17, 15) is 8.42 Å². The first kappa shape index (κ1) is 23.2. The van der Waals surface area contributed by atoms with Gasteiger partial charge in [-0.1, -0.05) is 90.7 Å². The molecular weight excluding hydrogens is 342 g/mol. The van der Waals surface area contributed by atoms with Gasteiger partial charge >= 0.3 is 0 Å². The van der Waals surface area contributed by atoms with Crippen LogP contribution in [0.4, 0.5) is 0 Å². The van der Waals surface area contributed by atoms with Gasteiger partial charge in [0.25, 0.3) is 0 Å². The Morgan fingerprint density at radius 3 is 1.81 bits per heavy atom. The highest BCUT2D eigenvalue weighted by Gasteiger charge is 2.13. The Hall–Kier alpha value is -0.870. The first-order valence-corrected chi connectivity index (χ1v) is 12.0. The van der Waals surface area contributed by atoms with E-state index in [-0.39, 0.29) is 0 Å². The minimum Gasteiger partial charge on any atom is -0.211 e. The molecule has 1 aromatic carbocycles. The summed E-state index contributed by atoms with van der Waals surface area (Å²) < 4.78 is 27.4. The summed E-state index contributed by atoms with van der Waals surface area (Å²) in [4.78, 5) is 0.372. The van der Waals surface area contributed by atoms with E-state index in [0.717, 1.165) is 19.3 Å². The summed E-state index contributed by atoms with van der Waals surface area (Å²) >= 11 is 0. The standard InChI is InChI=1S/C22H39NO2S/c1-4-5-6-7-8-9-10-11-12-13-18-23-26(24,25)22-16-14-21(15-17-22)19-20(2)3/h14-17,20,23H,4-13,18-19H2,1-3H3. The third-order valence-corrected chi connectivity index (χ3v) is 6.18. The third-order valence-electron chi connectivity index (χ3n) is 4.70. The minimum absolute atomic E-state index is 0.372. The van der Waals surface area contributed by atoms with Crippen LogP contribution < -0.4 is 4.72 Å². The van der Waals surface area contributed by atoms with Gasteiger partial charge in [-0.25, -0.2) is 13.1 Å². The zero-order chi connectivity index (χ0) is 19.3. The fourth-order valence-electron chi connectivity index (χ4n) is 3.18. The van der Waals surface area contributed by atoms with Crippen LogP contribution in [0.5, 0.6) is 0 Å². The van der Waals surface area contributed by atoms with Crippen LogP contribution in [-0.4, -0.2) is 15.0 Å². The molecule has 0 radical (unpaired) electrons. The summed E-state index contributed by atoms with van der Waals surface area (Å²) in [7, 11) is -3.37. The number of nitrogens with one attached hydrogen (secondary N) is 1. The lowest BCUT2D eigenvalue weighted by atomic mass is 10.0. The molecule has 0 atom stereocenters. The molecule has 0 aliphatic carbocycles. The molecule has 0 spiro atoms. The lowest BCUT2D eigenvalue weighted by Crippen LogP contribution is -2.24. The molecule has 0 aromatic heterocycles. The van der Waals surface area contributed by atoms with E-state index in [4.69, 9.17) is 0 Å². The van der Waals surface area contributed by atoms with Gasteiger partial charge in [0.15, 0.2) is 0 Å². The van der Waals surface area contributed by atoms with Crippen LogP contribution in [0.3, 0.4) is 0 Å². The number of hydrogen-bond acceptors (Lipinski definition) is 2. The van der Waals surface area contributed by atoms with Crippen molar-refractivity contribution in [2.75, 3.05) is 6.54 Å². The second-order valence-electron chi connectivity index (χ2n) is 7.82. The van der Waals surface area contributed by atoms with Crippen LogP contribution in [0.1, 0.15) is 90.5 Å². The second-order valence-corrected chi connectivity index (χ2v) is 9.59. The zero-order valence-electron chi connectivity index (χ0n) is 17.1. The number of benzene rings is 1. The van der Waals surface area contributed by atoms with Crippen molar-refractivity contribution in [2.24, 2.45) is 5.92 Å². The van der Waals surface area contributed by atoms with Gasteiger partial charge in [-0.3, -0.25) is 0 Å². The van der Waals surface area contributed by atoms with Crippen molar-refractivity contribution in [3.05, 3.63) is 29.8 Å². The SMILES string of the molecule is CCCCCCCCCCCCNS(=O)(=O)c1ccc(CC(C)C)cc1. The number of sulfonamides is 1. The van der Waals surface area contributed by atoms with Crippen molar-refractivity contribution in [2.45, 2.75) is 96.3 Å². The van der Waals surface area contributed by atoms with Crippen molar-refractivity contribution in [3.8, 4) is 0 Å². The van der Waals surface area contributed by atoms with Crippen molar-refractivity contribution in [1.29, 1.82) is 0 Å². The molecule has 0 unspecified atom stereocenters. The predicted octanol–water partition coefficient (Wildman–Crippen LogP) is 6.08. The molecule has 150 valence electrons. The largest absolute Gasteiger partial charge is 0.240 e. The van der Waals surface area contributed by atoms with Gasteiger partial charge < -0.3 is 0 Å². The van der Waals surface area contributed by atoms with Crippen LogP contribution in [-0.2, 0) is 16.4 Å². The van der Waals surface area contributed by atoms with E-state index >= 15 is 0 Å². The van der Waals surface area contributed by atoms with Gasteiger partial charge in [0, 0.05) is 6.54 Å². The molecule has 0 bridgehead atoms. The van der Waals surface area contributed by atoms with E-state index in [1.165, 1.54) is 56.9 Å². The summed E-state index contributed by atoms with van der Waals surface area (Å²) in [6.07, 6.45) is 13.5. The molecule has 0 heterocycles. The Balaban J connectivity index is 2.16. The maximum absolute atomic E-state index is 12.3. The Morgan fingerprint density at radius 1 is 0.808 bits per heavy atom. The highest BCUT2D eigenvalue weighted by molar-refractivity contribution is 7.89. The minimum atomic E-state index is -3.37. The Morgan fingerprint density at radius 2 is 1.31 bits per heavy atom. The fraction of sp³-hybridized carbons (Fsp3) is 0.727. The van der Waals surface area contributed by atoms with E-state index < -0.39 is 10.0 Å². The summed E-state index contributed by atoms with van der Waals surface area (Å²) in [5.74, 6) is 0.576. The second kappa shape index (κ2) is 13.3. The number of unbranched alkanes of at least 4 members (excludes halogenated alkanes) is 9. The summed E-state index contributed by atoms with van der Waals surface area (Å²) in [6, 6.07) is 7.29. The summed E-state index contributed by atoms with van der Waals surface area (Å²) in [6.45, 7) is 7.11. The average molecular weight is 382 g/mol. The van der Waals surface area contributed by atoms with Gasteiger partial charge in [0.1, 0.15) is 0 Å². The van der Waals surface area contributed by atoms with Crippen molar-refractivity contribution in [1.82, 2.24) is 4.72 Å². The third kappa shape index (κ3) is 10.3. The molecule has 0 saturated heterocycles. The molecule has 4 heteroatoms. The molecule has 0 aliphatic rings. The molecule has 0 fully saturated rings. The lowest BCUT2D eigenvalue weighted by Gasteiger charge is -2.09. The Bertz CT molecular complexity index is 564. The summed E-state index contributed by atoms with van der Waals surface area (Å²) in [5, 5.41) is 0. The quantitative estimate of drug-likeness (QED) is 0.374. The maximum atomic E-state index is 12.3. The lowest BCUT2D eigenvalue weighted by molar-refractivity contribution is 0.549. The van der Waals surface area contributed by atoms with Gasteiger partial charge in [-0.15, -0.1) is 0 Å². The highest BCUT2D eigenvalue weighted by Crippen LogP contribution is 2.14. The topological polar surface area (TPSA) is 46.2 Å². The van der Waals surface area contributed by atoms with Crippen molar-refractivity contribution >= 4 is 10.0 Å². The predicted molar refractivity (Wildman–Crippen MR) is 112 cm³/mol. The normalized spacial score (nSPS) is 12.0. The molecule has 1 aromatic rings. The van der Waals surface area contributed by atoms with Crippen LogP contribution >= 0.6 is 0 Å². The van der Waals surface area contributed by atoms with E-state index in [1.807, 2.05) is 12.1 Å². The van der Waals surface area contributed by atoms with E-state index in [2.05, 4.69) is 25.5 Å². The Kier molecular flexibility index (Phi) is 11.9. The number of hydrogen-bond donors (Lipinski definition) is 1. The van der Waals surface area contributed by atoms with Crippen LogP contribution in [0.25, 0.3) is 0 Å². The van der Waals surface area contributed by atoms with Gasteiger partial charge in [0.2, 0.25) is 10.0 Å². The summed E-state index contributed by atoms with van der Waals surface area (Å²) in [5.41, 5.74) is 1.19.